The first-order valence-corrected chi connectivity index (χ1v) is 21.0. The minimum Gasteiger partial charge on any atom is -0.437 e. The molecule has 0 rings (SSSR count). The largest absolute Gasteiger partial charge is 0.437 e. The molecule has 0 aliphatic carbocycles. The molecule has 0 saturated carbocycles. The molecule has 0 amide bonds. The van der Waals surface area contributed by atoms with Crippen molar-refractivity contribution in [2.45, 2.75) is 71.4 Å². The Morgan fingerprint density at radius 3 is 1.62 bits per heavy atom. The van der Waals surface area contributed by atoms with Gasteiger partial charge in [-0.25, -0.2) is 0 Å². The minimum absolute atomic E-state index is 0.675. The number of methoxy groups -OCH3 is 1. The molecule has 9 heteroatoms. The Kier molecular flexibility index (Phi) is 10.4. The molecule has 1 unspecified atom stereocenters. The smallest absolute Gasteiger partial charge is 0.318 e. The lowest BCUT2D eigenvalue weighted by Gasteiger charge is -2.41. The summed E-state index contributed by atoms with van der Waals surface area (Å²) in [5.74, 6) is 0. The van der Waals surface area contributed by atoms with Crippen LogP contribution in [-0.2, 0) is 21.8 Å². The van der Waals surface area contributed by atoms with Gasteiger partial charge in [-0.05, 0) is 65.3 Å². The first-order valence-electron chi connectivity index (χ1n) is 8.85. The summed E-state index contributed by atoms with van der Waals surface area (Å²) in [6.07, 6.45) is 0.920. The van der Waals surface area contributed by atoms with E-state index in [-0.39, 0.29) is 0 Å². The fraction of sp³-hybridized carbons (Fsp3) is 1.00. The second-order valence-electron chi connectivity index (χ2n) is 8.77. The molecule has 5 nitrogen and oxygen atoms in total. The van der Waals surface area contributed by atoms with Crippen molar-refractivity contribution < 1.29 is 21.8 Å². The summed E-state index contributed by atoms with van der Waals surface area (Å²) in [7, 11) is -6.15. The van der Waals surface area contributed by atoms with E-state index < -0.39 is 33.8 Å². The summed E-state index contributed by atoms with van der Waals surface area (Å²) < 4.78 is 30.3. The lowest BCUT2D eigenvalue weighted by molar-refractivity contribution is 0.108. The van der Waals surface area contributed by atoms with Gasteiger partial charge in [0.2, 0.25) is 0 Å². The van der Waals surface area contributed by atoms with Crippen LogP contribution in [0.2, 0.25) is 65.0 Å². The highest BCUT2D eigenvalue weighted by molar-refractivity contribution is 6.89. The maximum Gasteiger partial charge on any atom is 0.318 e. The molecule has 0 bridgehead atoms. The van der Waals surface area contributed by atoms with Crippen molar-refractivity contribution in [2.75, 3.05) is 26.9 Å². The Morgan fingerprint density at radius 2 is 1.17 bits per heavy atom. The van der Waals surface area contributed by atoms with Crippen molar-refractivity contribution in [1.82, 2.24) is 0 Å². The SMILES string of the molecule is COCCCOCC[Si](C)(O[Si](C)(C)C)O[Si](C)(C)O[Si](C)(C)C. The summed E-state index contributed by atoms with van der Waals surface area (Å²) in [5, 5.41) is 0. The molecule has 0 spiro atoms. The summed E-state index contributed by atoms with van der Waals surface area (Å²) in [6, 6.07) is 0.843. The van der Waals surface area contributed by atoms with E-state index >= 15 is 0 Å². The molecule has 0 aromatic heterocycles. The molecular formula is C15H40O5Si4. The third kappa shape index (κ3) is 13.9. The van der Waals surface area contributed by atoms with Gasteiger partial charge >= 0.3 is 17.1 Å². The van der Waals surface area contributed by atoms with Crippen LogP contribution in [0, 0.1) is 0 Å². The third-order valence-electron chi connectivity index (χ3n) is 2.87. The summed E-state index contributed by atoms with van der Waals surface area (Å²) >= 11 is 0. The molecule has 24 heavy (non-hydrogen) atoms. The topological polar surface area (TPSA) is 46.2 Å². The number of hydrogen-bond acceptors (Lipinski definition) is 5. The van der Waals surface area contributed by atoms with E-state index in [0.717, 1.165) is 25.7 Å². The molecule has 1 atom stereocenters. The van der Waals surface area contributed by atoms with Crippen molar-refractivity contribution in [3.8, 4) is 0 Å². The molecule has 0 radical (unpaired) electrons. The van der Waals surface area contributed by atoms with Gasteiger partial charge in [0.05, 0.1) is 0 Å². The van der Waals surface area contributed by atoms with Crippen LogP contribution in [0.5, 0.6) is 0 Å². The van der Waals surface area contributed by atoms with Gasteiger partial charge in [-0.1, -0.05) is 0 Å². The predicted octanol–water partition coefficient (Wildman–Crippen LogP) is 4.53. The highest BCUT2D eigenvalue weighted by Crippen LogP contribution is 2.26. The van der Waals surface area contributed by atoms with E-state index in [4.69, 9.17) is 21.8 Å². The Morgan fingerprint density at radius 1 is 0.625 bits per heavy atom. The molecule has 0 heterocycles. The standard InChI is InChI=1S/C15H40O5Si4/c1-16-12-11-13-17-14-15-24(10,19-22(5,6)7)20-23(8,9)18-21(2,3)4/h11-15H2,1-10H3. The van der Waals surface area contributed by atoms with E-state index in [2.05, 4.69) is 58.9 Å². The zero-order valence-electron chi connectivity index (χ0n) is 17.6. The van der Waals surface area contributed by atoms with Gasteiger partial charge in [0.1, 0.15) is 0 Å². The monoisotopic (exact) mass is 412 g/mol. The highest BCUT2D eigenvalue weighted by atomic mass is 28.5. The summed E-state index contributed by atoms with van der Waals surface area (Å²) in [5.41, 5.74) is 0. The van der Waals surface area contributed by atoms with Crippen LogP contribution in [0.25, 0.3) is 0 Å². The van der Waals surface area contributed by atoms with Gasteiger partial charge in [0.15, 0.2) is 16.6 Å². The van der Waals surface area contributed by atoms with Crippen molar-refractivity contribution >= 4 is 33.8 Å². The van der Waals surface area contributed by atoms with Crippen molar-refractivity contribution in [3.05, 3.63) is 0 Å². The van der Waals surface area contributed by atoms with E-state index in [0.29, 0.717) is 6.61 Å². The molecular weight excluding hydrogens is 373 g/mol. The van der Waals surface area contributed by atoms with Crippen LogP contribution in [0.4, 0.5) is 0 Å². The second-order valence-corrected chi connectivity index (χ2v) is 25.2. The first kappa shape index (κ1) is 24.7. The number of hydrogen-bond donors (Lipinski definition) is 0. The van der Waals surface area contributed by atoms with Gasteiger partial charge in [0.25, 0.3) is 0 Å². The van der Waals surface area contributed by atoms with E-state index in [1.165, 1.54) is 0 Å². The average Bonchev–Trinajstić information content (AvgIpc) is 2.26. The number of ether oxygens (including phenoxy) is 2. The lowest BCUT2D eigenvalue weighted by Crippen LogP contribution is -2.57. The van der Waals surface area contributed by atoms with Gasteiger partial charge in [0, 0.05) is 33.0 Å². The van der Waals surface area contributed by atoms with Gasteiger partial charge < -0.3 is 21.8 Å². The molecule has 0 fully saturated rings. The zero-order chi connectivity index (χ0) is 19.1. The molecule has 0 aromatic rings. The van der Waals surface area contributed by atoms with Crippen LogP contribution in [0.15, 0.2) is 0 Å². The Labute approximate surface area is 154 Å². The molecule has 0 N–H and O–H groups in total. The second kappa shape index (κ2) is 10.1. The average molecular weight is 413 g/mol. The first-order chi connectivity index (χ1) is 10.7. The lowest BCUT2D eigenvalue weighted by atomic mass is 10.5. The third-order valence-corrected chi connectivity index (χ3v) is 16.3. The van der Waals surface area contributed by atoms with Crippen LogP contribution in [0.3, 0.4) is 0 Å². The quantitative estimate of drug-likeness (QED) is 0.328. The fourth-order valence-electron chi connectivity index (χ4n) is 2.71. The van der Waals surface area contributed by atoms with E-state index in [1.54, 1.807) is 7.11 Å². The van der Waals surface area contributed by atoms with Crippen LogP contribution >= 0.6 is 0 Å². The van der Waals surface area contributed by atoms with Crippen LogP contribution in [0.1, 0.15) is 6.42 Å². The summed E-state index contributed by atoms with van der Waals surface area (Å²) in [4.78, 5) is 0. The highest BCUT2D eigenvalue weighted by Gasteiger charge is 2.44. The van der Waals surface area contributed by atoms with E-state index in [1.807, 2.05) is 0 Å². The molecule has 0 aromatic carbocycles. The van der Waals surface area contributed by atoms with Gasteiger partial charge in [-0.3, -0.25) is 0 Å². The molecule has 0 aliphatic heterocycles. The van der Waals surface area contributed by atoms with Crippen molar-refractivity contribution in [1.29, 1.82) is 0 Å². The Bertz CT molecular complexity index is 355. The maximum atomic E-state index is 6.60. The molecule has 146 valence electrons. The minimum atomic E-state index is -2.32. The van der Waals surface area contributed by atoms with Crippen LogP contribution in [-0.4, -0.2) is 60.7 Å². The molecule has 0 aliphatic rings. The van der Waals surface area contributed by atoms with Crippen molar-refractivity contribution in [3.63, 3.8) is 0 Å². The van der Waals surface area contributed by atoms with Crippen molar-refractivity contribution in [2.24, 2.45) is 0 Å². The predicted molar refractivity (Wildman–Crippen MR) is 111 cm³/mol. The van der Waals surface area contributed by atoms with E-state index in [9.17, 15) is 0 Å². The van der Waals surface area contributed by atoms with Gasteiger partial charge in [-0.15, -0.1) is 0 Å². The molecule has 0 saturated heterocycles. The summed E-state index contributed by atoms with van der Waals surface area (Å²) in [6.45, 7) is 21.9. The number of rotatable bonds is 13. The Balaban J connectivity index is 4.76. The normalized spacial score (nSPS) is 16.2. The van der Waals surface area contributed by atoms with Gasteiger partial charge in [-0.2, -0.15) is 0 Å². The fourth-order valence-corrected chi connectivity index (χ4v) is 20.4. The zero-order valence-corrected chi connectivity index (χ0v) is 21.6. The van der Waals surface area contributed by atoms with Crippen LogP contribution < -0.4 is 0 Å². The maximum absolute atomic E-state index is 6.60. The Hall–Kier alpha value is 0.668.